The van der Waals surface area contributed by atoms with Crippen LogP contribution in [0.1, 0.15) is 24.1 Å². The van der Waals surface area contributed by atoms with E-state index < -0.39 is 0 Å². The molecule has 1 aromatic heterocycles. The van der Waals surface area contributed by atoms with E-state index in [9.17, 15) is 4.79 Å². The van der Waals surface area contributed by atoms with Gasteiger partial charge >= 0.3 is 0 Å². The molecule has 0 bridgehead atoms. The number of amides is 1. The van der Waals surface area contributed by atoms with Crippen LogP contribution in [-0.4, -0.2) is 29.0 Å². The smallest absolute Gasteiger partial charge is 0.225 e. The normalized spacial score (nSPS) is 17.6. The van der Waals surface area contributed by atoms with Gasteiger partial charge in [0.25, 0.3) is 0 Å². The summed E-state index contributed by atoms with van der Waals surface area (Å²) in [6.07, 6.45) is 3.62. The number of benzene rings is 1. The molecule has 1 amide bonds. The predicted octanol–water partition coefficient (Wildman–Crippen LogP) is 2.97. The molecule has 1 aliphatic heterocycles. The third kappa shape index (κ3) is 4.23. The maximum Gasteiger partial charge on any atom is 0.225 e. The van der Waals surface area contributed by atoms with Crippen molar-refractivity contribution >= 4 is 23.5 Å². The van der Waals surface area contributed by atoms with E-state index in [0.29, 0.717) is 24.1 Å². The highest BCUT2D eigenvalue weighted by molar-refractivity contribution is 6.30. The Balaban J connectivity index is 1.59. The highest BCUT2D eigenvalue weighted by Gasteiger charge is 2.26. The average molecular weight is 345 g/mol. The highest BCUT2D eigenvalue weighted by Crippen LogP contribution is 2.20. The number of halogens is 1. The summed E-state index contributed by atoms with van der Waals surface area (Å²) in [5, 5.41) is 3.70. The maximum atomic E-state index is 12.5. The number of aryl methyl sites for hydroxylation is 1. The van der Waals surface area contributed by atoms with Gasteiger partial charge in [0.1, 0.15) is 0 Å². The van der Waals surface area contributed by atoms with E-state index in [1.807, 2.05) is 37.3 Å². The number of nitrogens with one attached hydrogen (secondary N) is 1. The van der Waals surface area contributed by atoms with Crippen molar-refractivity contribution in [3.8, 4) is 0 Å². The lowest BCUT2D eigenvalue weighted by Gasteiger charge is -2.32. The van der Waals surface area contributed by atoms with E-state index in [0.717, 1.165) is 30.6 Å². The summed E-state index contributed by atoms with van der Waals surface area (Å²) in [5.41, 5.74) is 1.94. The third-order valence-electron chi connectivity index (χ3n) is 4.21. The number of carbonyl (C=O) groups is 1. The van der Waals surface area contributed by atoms with E-state index in [1.165, 1.54) is 0 Å². The number of hydrogen-bond acceptors (Lipinski definition) is 4. The van der Waals surface area contributed by atoms with E-state index in [-0.39, 0.29) is 11.8 Å². The van der Waals surface area contributed by atoms with Crippen molar-refractivity contribution in [2.24, 2.45) is 5.92 Å². The minimum absolute atomic E-state index is 0.0398. The quantitative estimate of drug-likeness (QED) is 0.926. The molecule has 0 aliphatic carbocycles. The first kappa shape index (κ1) is 16.7. The topological polar surface area (TPSA) is 58.1 Å². The van der Waals surface area contributed by atoms with Crippen LogP contribution in [-0.2, 0) is 11.3 Å². The van der Waals surface area contributed by atoms with Crippen LogP contribution in [0.3, 0.4) is 0 Å². The van der Waals surface area contributed by atoms with Crippen LogP contribution in [0.15, 0.2) is 36.5 Å². The second kappa shape index (κ2) is 7.62. The van der Waals surface area contributed by atoms with Crippen molar-refractivity contribution in [3.05, 3.63) is 52.8 Å². The zero-order valence-corrected chi connectivity index (χ0v) is 14.5. The van der Waals surface area contributed by atoms with Crippen molar-refractivity contribution in [3.63, 3.8) is 0 Å². The number of nitrogens with zero attached hydrogens (tertiary/aromatic N) is 3. The molecule has 1 N–H and O–H groups in total. The summed E-state index contributed by atoms with van der Waals surface area (Å²) in [6.45, 7) is 3.99. The number of carbonyl (C=O) groups excluding carboxylic acids is 1. The maximum absolute atomic E-state index is 12.5. The fourth-order valence-corrected chi connectivity index (χ4v) is 3.15. The number of rotatable bonds is 4. The fraction of sp³-hybridized carbons (Fsp3) is 0.389. The molecule has 5 nitrogen and oxygen atoms in total. The zero-order valence-electron chi connectivity index (χ0n) is 13.7. The molecular formula is C18H21ClN4O. The van der Waals surface area contributed by atoms with Crippen molar-refractivity contribution < 1.29 is 4.79 Å². The summed E-state index contributed by atoms with van der Waals surface area (Å²) in [6, 6.07) is 9.42. The molecule has 1 atom stereocenters. The van der Waals surface area contributed by atoms with Gasteiger partial charge in [-0.15, -0.1) is 0 Å². The molecule has 1 saturated heterocycles. The summed E-state index contributed by atoms with van der Waals surface area (Å²) in [7, 11) is 0. The van der Waals surface area contributed by atoms with Gasteiger partial charge in [-0.25, -0.2) is 9.97 Å². The summed E-state index contributed by atoms with van der Waals surface area (Å²) in [5.74, 6) is 0.747. The lowest BCUT2D eigenvalue weighted by Crippen LogP contribution is -2.43. The molecule has 1 aliphatic rings. The van der Waals surface area contributed by atoms with E-state index >= 15 is 0 Å². The molecule has 1 aromatic carbocycles. The molecule has 0 spiro atoms. The molecule has 126 valence electrons. The molecule has 2 heterocycles. The van der Waals surface area contributed by atoms with Gasteiger partial charge in [0.2, 0.25) is 11.9 Å². The van der Waals surface area contributed by atoms with Crippen LogP contribution in [0.2, 0.25) is 5.02 Å². The van der Waals surface area contributed by atoms with Gasteiger partial charge in [-0.3, -0.25) is 4.79 Å². The van der Waals surface area contributed by atoms with Crippen molar-refractivity contribution in [2.45, 2.75) is 26.3 Å². The van der Waals surface area contributed by atoms with Crippen molar-refractivity contribution in [1.82, 2.24) is 15.3 Å². The van der Waals surface area contributed by atoms with Crippen LogP contribution in [0.5, 0.6) is 0 Å². The van der Waals surface area contributed by atoms with Gasteiger partial charge in [-0.05, 0) is 43.5 Å². The first-order valence-corrected chi connectivity index (χ1v) is 8.56. The number of hydrogen-bond donors (Lipinski definition) is 1. The lowest BCUT2D eigenvalue weighted by molar-refractivity contribution is -0.125. The highest BCUT2D eigenvalue weighted by atomic mass is 35.5. The van der Waals surface area contributed by atoms with E-state index in [4.69, 9.17) is 11.6 Å². The van der Waals surface area contributed by atoms with Gasteiger partial charge in [0.05, 0.1) is 5.92 Å². The van der Waals surface area contributed by atoms with Crippen LogP contribution in [0.4, 0.5) is 5.95 Å². The zero-order chi connectivity index (χ0) is 16.9. The van der Waals surface area contributed by atoms with Gasteiger partial charge < -0.3 is 10.2 Å². The monoisotopic (exact) mass is 344 g/mol. The van der Waals surface area contributed by atoms with Crippen LogP contribution >= 0.6 is 11.6 Å². The summed E-state index contributed by atoms with van der Waals surface area (Å²) >= 11 is 5.98. The number of anilines is 1. The fourth-order valence-electron chi connectivity index (χ4n) is 2.94. The Kier molecular flexibility index (Phi) is 5.30. The van der Waals surface area contributed by atoms with E-state index in [1.54, 1.807) is 6.20 Å². The van der Waals surface area contributed by atoms with Gasteiger partial charge in [-0.2, -0.15) is 0 Å². The van der Waals surface area contributed by atoms with Crippen molar-refractivity contribution in [1.29, 1.82) is 0 Å². The van der Waals surface area contributed by atoms with Gasteiger partial charge in [0.15, 0.2) is 0 Å². The molecule has 6 heteroatoms. The molecule has 0 saturated carbocycles. The van der Waals surface area contributed by atoms with Gasteiger partial charge in [0, 0.05) is 36.5 Å². The number of piperidine rings is 1. The van der Waals surface area contributed by atoms with E-state index in [2.05, 4.69) is 20.2 Å². The molecule has 1 fully saturated rings. The predicted molar refractivity (Wildman–Crippen MR) is 95.0 cm³/mol. The lowest BCUT2D eigenvalue weighted by atomic mass is 9.97. The summed E-state index contributed by atoms with van der Waals surface area (Å²) < 4.78 is 0. The third-order valence-corrected chi connectivity index (χ3v) is 4.45. The Hall–Kier alpha value is -2.14. The standard InChI is InChI=1S/C18H21ClN4O/c1-13-7-8-20-18(22-13)23-9-3-5-15(12-23)17(24)21-11-14-4-2-6-16(19)10-14/h2,4,6-8,10,15H,3,5,9,11-12H2,1H3,(H,21,24). The molecule has 1 unspecified atom stereocenters. The van der Waals surface area contributed by atoms with Crippen LogP contribution in [0, 0.1) is 12.8 Å². The largest absolute Gasteiger partial charge is 0.352 e. The first-order chi connectivity index (χ1) is 11.6. The second-order valence-corrected chi connectivity index (χ2v) is 6.57. The molecule has 0 radical (unpaired) electrons. The molecule has 24 heavy (non-hydrogen) atoms. The summed E-state index contributed by atoms with van der Waals surface area (Å²) in [4.78, 5) is 23.4. The Morgan fingerprint density at radius 3 is 3.08 bits per heavy atom. The SMILES string of the molecule is Cc1ccnc(N2CCCC(C(=O)NCc3cccc(Cl)c3)C2)n1. The second-order valence-electron chi connectivity index (χ2n) is 6.13. The molecule has 3 rings (SSSR count). The minimum atomic E-state index is -0.0398. The Labute approximate surface area is 147 Å². The minimum Gasteiger partial charge on any atom is -0.352 e. The Morgan fingerprint density at radius 1 is 1.42 bits per heavy atom. The molecular weight excluding hydrogens is 324 g/mol. The molecule has 2 aromatic rings. The van der Waals surface area contributed by atoms with Crippen LogP contribution < -0.4 is 10.2 Å². The average Bonchev–Trinajstić information content (AvgIpc) is 2.60. The Bertz CT molecular complexity index is 722. The first-order valence-electron chi connectivity index (χ1n) is 8.18. The van der Waals surface area contributed by atoms with Gasteiger partial charge in [-0.1, -0.05) is 23.7 Å². The van der Waals surface area contributed by atoms with Crippen LogP contribution in [0.25, 0.3) is 0 Å². The number of aromatic nitrogens is 2. The van der Waals surface area contributed by atoms with Crippen molar-refractivity contribution in [2.75, 3.05) is 18.0 Å². The Morgan fingerprint density at radius 2 is 2.29 bits per heavy atom.